The van der Waals surface area contributed by atoms with Gasteiger partial charge in [-0.15, -0.1) is 0 Å². The molecule has 0 bridgehead atoms. The standard InChI is InChI=1S/C29H29NO6/c1-19-17-23(36-18-20-7-4-3-5-8-20)13-14-24(19)27(32)25-26(21-9-11-22(31)12-10-21)30(15-6-16-35-2)29(34)28(25)33/h3-5,7-14,17,26,31-32H,6,15-16,18H2,1-2H3/b27-25+/t26-/m1/s1. The highest BCUT2D eigenvalue weighted by atomic mass is 16.5. The molecule has 0 radical (unpaired) electrons. The molecule has 36 heavy (non-hydrogen) atoms. The number of methoxy groups -OCH3 is 1. The number of ether oxygens (including phenoxy) is 2. The van der Waals surface area contributed by atoms with Gasteiger partial charge >= 0.3 is 0 Å². The maximum Gasteiger partial charge on any atom is 0.295 e. The monoisotopic (exact) mass is 487 g/mol. The molecule has 0 unspecified atom stereocenters. The number of ketones is 1. The highest BCUT2D eigenvalue weighted by Crippen LogP contribution is 2.40. The van der Waals surface area contributed by atoms with Crippen LogP contribution in [0.2, 0.25) is 0 Å². The minimum Gasteiger partial charge on any atom is -0.508 e. The van der Waals surface area contributed by atoms with Crippen molar-refractivity contribution < 1.29 is 29.3 Å². The van der Waals surface area contributed by atoms with E-state index < -0.39 is 17.7 Å². The fourth-order valence-corrected chi connectivity index (χ4v) is 4.37. The summed E-state index contributed by atoms with van der Waals surface area (Å²) in [6, 6.07) is 20.5. The predicted molar refractivity (Wildman–Crippen MR) is 136 cm³/mol. The van der Waals surface area contributed by atoms with E-state index in [4.69, 9.17) is 9.47 Å². The highest BCUT2D eigenvalue weighted by Gasteiger charge is 2.45. The number of aryl methyl sites for hydroxylation is 1. The number of likely N-dealkylation sites (tertiary alicyclic amines) is 1. The molecule has 1 atom stereocenters. The third kappa shape index (κ3) is 5.26. The number of aliphatic hydroxyl groups excluding tert-OH is 1. The van der Waals surface area contributed by atoms with Crippen LogP contribution in [-0.4, -0.2) is 47.1 Å². The number of hydrogen-bond acceptors (Lipinski definition) is 6. The van der Waals surface area contributed by atoms with Crippen molar-refractivity contribution in [2.24, 2.45) is 0 Å². The summed E-state index contributed by atoms with van der Waals surface area (Å²) < 4.78 is 11.0. The fraction of sp³-hybridized carbons (Fsp3) is 0.241. The molecule has 0 saturated carbocycles. The Bertz CT molecular complexity index is 1270. The van der Waals surface area contributed by atoms with Crippen LogP contribution in [0.15, 0.2) is 78.4 Å². The van der Waals surface area contributed by atoms with Gasteiger partial charge in [0, 0.05) is 25.8 Å². The van der Waals surface area contributed by atoms with E-state index in [1.165, 1.54) is 17.0 Å². The van der Waals surface area contributed by atoms with Crippen LogP contribution in [-0.2, 0) is 20.9 Å². The molecule has 1 heterocycles. The number of nitrogens with zero attached hydrogens (tertiary/aromatic N) is 1. The first-order chi connectivity index (χ1) is 17.4. The molecule has 1 fully saturated rings. The van der Waals surface area contributed by atoms with Crippen LogP contribution < -0.4 is 4.74 Å². The number of aromatic hydroxyl groups is 1. The molecule has 3 aromatic carbocycles. The third-order valence-electron chi connectivity index (χ3n) is 6.20. The van der Waals surface area contributed by atoms with E-state index in [0.717, 1.165) is 5.56 Å². The molecule has 4 rings (SSSR count). The van der Waals surface area contributed by atoms with Gasteiger partial charge in [0.25, 0.3) is 11.7 Å². The Morgan fingerprint density at radius 1 is 1.00 bits per heavy atom. The largest absolute Gasteiger partial charge is 0.508 e. The van der Waals surface area contributed by atoms with E-state index in [0.29, 0.717) is 42.1 Å². The van der Waals surface area contributed by atoms with Gasteiger partial charge in [-0.3, -0.25) is 9.59 Å². The van der Waals surface area contributed by atoms with Gasteiger partial charge in [-0.25, -0.2) is 0 Å². The molecule has 0 aliphatic carbocycles. The zero-order valence-electron chi connectivity index (χ0n) is 20.3. The number of rotatable bonds is 9. The van der Waals surface area contributed by atoms with Crippen LogP contribution in [0.25, 0.3) is 5.76 Å². The molecule has 1 amide bonds. The van der Waals surface area contributed by atoms with E-state index in [1.807, 2.05) is 37.3 Å². The average molecular weight is 488 g/mol. The van der Waals surface area contributed by atoms with Gasteiger partial charge in [0.15, 0.2) is 0 Å². The van der Waals surface area contributed by atoms with Crippen molar-refractivity contribution in [3.8, 4) is 11.5 Å². The Labute approximate surface area is 210 Å². The Kier molecular flexibility index (Phi) is 7.71. The summed E-state index contributed by atoms with van der Waals surface area (Å²) in [6.07, 6.45) is 0.532. The zero-order valence-corrected chi connectivity index (χ0v) is 20.3. The van der Waals surface area contributed by atoms with Crippen molar-refractivity contribution in [1.29, 1.82) is 0 Å². The lowest BCUT2D eigenvalue weighted by atomic mass is 9.94. The second-order valence-electron chi connectivity index (χ2n) is 8.68. The lowest BCUT2D eigenvalue weighted by Crippen LogP contribution is -2.31. The molecular weight excluding hydrogens is 458 g/mol. The summed E-state index contributed by atoms with van der Waals surface area (Å²) in [5.74, 6) is -0.967. The van der Waals surface area contributed by atoms with Gasteiger partial charge in [-0.2, -0.15) is 0 Å². The molecule has 7 nitrogen and oxygen atoms in total. The normalized spacial score (nSPS) is 16.9. The van der Waals surface area contributed by atoms with E-state index in [-0.39, 0.29) is 23.6 Å². The second kappa shape index (κ2) is 11.1. The first-order valence-corrected chi connectivity index (χ1v) is 11.7. The summed E-state index contributed by atoms with van der Waals surface area (Å²) >= 11 is 0. The first kappa shape index (κ1) is 25.0. The molecular formula is C29H29NO6. The van der Waals surface area contributed by atoms with Gasteiger partial charge in [-0.1, -0.05) is 42.5 Å². The van der Waals surface area contributed by atoms with Crippen molar-refractivity contribution in [3.63, 3.8) is 0 Å². The Morgan fingerprint density at radius 2 is 1.72 bits per heavy atom. The van der Waals surface area contributed by atoms with Crippen molar-refractivity contribution in [2.45, 2.75) is 26.0 Å². The van der Waals surface area contributed by atoms with Gasteiger partial charge in [-0.05, 0) is 60.4 Å². The molecule has 1 aliphatic heterocycles. The Hall–Kier alpha value is -4.10. The van der Waals surface area contributed by atoms with Crippen LogP contribution in [0.4, 0.5) is 0 Å². The van der Waals surface area contributed by atoms with Crippen molar-refractivity contribution in [2.75, 3.05) is 20.3 Å². The topological polar surface area (TPSA) is 96.3 Å². The van der Waals surface area contributed by atoms with Crippen LogP contribution in [0.1, 0.15) is 34.7 Å². The number of phenols is 1. The third-order valence-corrected chi connectivity index (χ3v) is 6.20. The molecule has 0 aromatic heterocycles. The van der Waals surface area contributed by atoms with Gasteiger partial charge in [0.1, 0.15) is 23.9 Å². The Morgan fingerprint density at radius 3 is 2.39 bits per heavy atom. The van der Waals surface area contributed by atoms with Crippen molar-refractivity contribution >= 4 is 17.4 Å². The van der Waals surface area contributed by atoms with E-state index in [2.05, 4.69) is 0 Å². The molecule has 1 saturated heterocycles. The molecule has 0 spiro atoms. The SMILES string of the molecule is COCCCN1C(=O)C(=O)/C(=C(/O)c2ccc(OCc3ccccc3)cc2C)[C@H]1c1ccc(O)cc1. The average Bonchev–Trinajstić information content (AvgIpc) is 3.13. The van der Waals surface area contributed by atoms with Gasteiger partial charge in [0.05, 0.1) is 11.6 Å². The lowest BCUT2D eigenvalue weighted by Gasteiger charge is -2.25. The smallest absolute Gasteiger partial charge is 0.295 e. The first-order valence-electron chi connectivity index (χ1n) is 11.7. The quantitative estimate of drug-likeness (QED) is 0.196. The second-order valence-corrected chi connectivity index (χ2v) is 8.68. The summed E-state index contributed by atoms with van der Waals surface area (Å²) in [7, 11) is 1.57. The number of Topliss-reactive ketones (excluding diaryl/α,β-unsaturated/α-hetero) is 1. The van der Waals surface area contributed by atoms with Crippen LogP contribution in [0.3, 0.4) is 0 Å². The number of phenolic OH excluding ortho intramolecular Hbond substituents is 1. The maximum absolute atomic E-state index is 13.1. The van der Waals surface area contributed by atoms with E-state index in [9.17, 15) is 19.8 Å². The maximum atomic E-state index is 13.1. The van der Waals surface area contributed by atoms with Crippen LogP contribution >= 0.6 is 0 Å². The zero-order chi connectivity index (χ0) is 25.7. The molecule has 2 N–H and O–H groups in total. The lowest BCUT2D eigenvalue weighted by molar-refractivity contribution is -0.140. The minimum atomic E-state index is -0.782. The van der Waals surface area contributed by atoms with Crippen LogP contribution in [0, 0.1) is 6.92 Å². The Balaban J connectivity index is 1.68. The minimum absolute atomic E-state index is 0.0177. The number of amides is 1. The summed E-state index contributed by atoms with van der Waals surface area (Å²) in [6.45, 7) is 2.93. The van der Waals surface area contributed by atoms with E-state index >= 15 is 0 Å². The molecule has 3 aromatic rings. The number of benzene rings is 3. The predicted octanol–water partition coefficient (Wildman–Crippen LogP) is 4.74. The fourth-order valence-electron chi connectivity index (χ4n) is 4.37. The highest BCUT2D eigenvalue weighted by molar-refractivity contribution is 6.46. The summed E-state index contributed by atoms with van der Waals surface area (Å²) in [4.78, 5) is 27.6. The number of carbonyl (C=O) groups is 2. The molecule has 7 heteroatoms. The van der Waals surface area contributed by atoms with Crippen molar-refractivity contribution in [1.82, 2.24) is 4.90 Å². The van der Waals surface area contributed by atoms with Crippen LogP contribution in [0.5, 0.6) is 11.5 Å². The number of carbonyl (C=O) groups excluding carboxylic acids is 2. The molecule has 186 valence electrons. The van der Waals surface area contributed by atoms with Gasteiger partial charge in [0.2, 0.25) is 0 Å². The van der Waals surface area contributed by atoms with Crippen molar-refractivity contribution in [3.05, 3.63) is 101 Å². The summed E-state index contributed by atoms with van der Waals surface area (Å²) in [5.41, 5.74) is 2.81. The number of aliphatic hydroxyl groups is 1. The van der Waals surface area contributed by atoms with Gasteiger partial charge < -0.3 is 24.6 Å². The van der Waals surface area contributed by atoms with E-state index in [1.54, 1.807) is 37.4 Å². The summed E-state index contributed by atoms with van der Waals surface area (Å²) in [5, 5.41) is 21.1. The molecule has 1 aliphatic rings. The number of hydrogen-bond donors (Lipinski definition) is 2.